The molecule has 0 saturated carbocycles. The molecule has 0 aliphatic carbocycles. The van der Waals surface area contributed by atoms with Crippen LogP contribution in [0.4, 0.5) is 0 Å². The molecule has 17 heavy (non-hydrogen) atoms. The Morgan fingerprint density at radius 3 is 2.88 bits per heavy atom. The molecule has 0 radical (unpaired) electrons. The Morgan fingerprint density at radius 2 is 2.35 bits per heavy atom. The van der Waals surface area contributed by atoms with Crippen LogP contribution in [0.1, 0.15) is 36.8 Å². The monoisotopic (exact) mass is 234 g/mol. The van der Waals surface area contributed by atoms with Crippen LogP contribution in [0.5, 0.6) is 0 Å². The zero-order valence-electron chi connectivity index (χ0n) is 10.2. The van der Waals surface area contributed by atoms with Gasteiger partial charge in [-0.2, -0.15) is 5.10 Å². The van der Waals surface area contributed by atoms with Crippen molar-refractivity contribution in [3.05, 3.63) is 41.6 Å². The molecule has 0 aliphatic heterocycles. The molecular weight excluding hydrogens is 216 g/mol. The molecule has 0 aliphatic rings. The highest BCUT2D eigenvalue weighted by Gasteiger charge is 2.19. The van der Waals surface area contributed by atoms with Crippen LogP contribution in [0.2, 0.25) is 0 Å². The Bertz CT molecular complexity index is 461. The van der Waals surface area contributed by atoms with Crippen LogP contribution in [0.3, 0.4) is 0 Å². The smallest absolute Gasteiger partial charge is 0.0954 e. The number of aromatic nitrogens is 2. The Labute approximate surface area is 101 Å². The quantitative estimate of drug-likeness (QED) is 0.609. The Morgan fingerprint density at radius 1 is 1.53 bits per heavy atom. The van der Waals surface area contributed by atoms with E-state index in [1.807, 2.05) is 10.7 Å². The van der Waals surface area contributed by atoms with E-state index in [1.54, 1.807) is 12.5 Å². The Hall–Kier alpha value is -1.59. The standard InChI is InChI=1S/C12H18N4O/c1-3-10-7-11(16(4-2)15-10)12(14-13)9-5-6-17-8-9/h5-8,12,14H,3-4,13H2,1-2H3. The van der Waals surface area contributed by atoms with Crippen molar-refractivity contribution in [3.8, 4) is 0 Å². The van der Waals surface area contributed by atoms with Crippen LogP contribution in [0, 0.1) is 0 Å². The molecule has 5 nitrogen and oxygen atoms in total. The number of hydrazine groups is 1. The summed E-state index contributed by atoms with van der Waals surface area (Å²) < 4.78 is 7.07. The summed E-state index contributed by atoms with van der Waals surface area (Å²) in [7, 11) is 0. The van der Waals surface area contributed by atoms with Crippen molar-refractivity contribution in [2.24, 2.45) is 5.84 Å². The largest absolute Gasteiger partial charge is 0.472 e. The number of furan rings is 1. The first-order valence-electron chi connectivity index (χ1n) is 5.85. The molecule has 0 bridgehead atoms. The first kappa shape index (κ1) is 11.9. The molecule has 1 atom stereocenters. The normalized spacial score (nSPS) is 12.9. The van der Waals surface area contributed by atoms with Gasteiger partial charge in [0.2, 0.25) is 0 Å². The van der Waals surface area contributed by atoms with Gasteiger partial charge < -0.3 is 4.42 Å². The van der Waals surface area contributed by atoms with Gasteiger partial charge in [0.15, 0.2) is 0 Å². The van der Waals surface area contributed by atoms with E-state index in [2.05, 4.69) is 30.4 Å². The van der Waals surface area contributed by atoms with Crippen LogP contribution in [-0.4, -0.2) is 9.78 Å². The molecule has 5 heteroatoms. The third-order valence-corrected chi connectivity index (χ3v) is 2.86. The minimum atomic E-state index is -0.0819. The number of nitrogens with one attached hydrogen (secondary N) is 1. The molecule has 92 valence electrons. The van der Waals surface area contributed by atoms with Crippen LogP contribution in [-0.2, 0) is 13.0 Å². The highest BCUT2D eigenvalue weighted by atomic mass is 16.3. The van der Waals surface area contributed by atoms with E-state index in [-0.39, 0.29) is 6.04 Å². The number of hydrogen-bond donors (Lipinski definition) is 2. The van der Waals surface area contributed by atoms with E-state index >= 15 is 0 Å². The van der Waals surface area contributed by atoms with Gasteiger partial charge in [0.1, 0.15) is 0 Å². The lowest BCUT2D eigenvalue weighted by Crippen LogP contribution is -2.30. The average Bonchev–Trinajstić information content (AvgIpc) is 2.99. The predicted molar refractivity (Wildman–Crippen MR) is 65.2 cm³/mol. The first-order valence-corrected chi connectivity index (χ1v) is 5.85. The summed E-state index contributed by atoms with van der Waals surface area (Å²) in [6.07, 6.45) is 4.26. The van der Waals surface area contributed by atoms with Gasteiger partial charge in [0, 0.05) is 12.1 Å². The van der Waals surface area contributed by atoms with E-state index in [0.29, 0.717) is 0 Å². The molecule has 1 unspecified atom stereocenters. The maximum Gasteiger partial charge on any atom is 0.0954 e. The van der Waals surface area contributed by atoms with Gasteiger partial charge in [0.25, 0.3) is 0 Å². The Kier molecular flexibility index (Phi) is 3.61. The Balaban J connectivity index is 2.39. The second-order valence-corrected chi connectivity index (χ2v) is 3.89. The molecule has 2 aromatic rings. The molecular formula is C12H18N4O. The van der Waals surface area contributed by atoms with Gasteiger partial charge >= 0.3 is 0 Å². The molecule has 2 aromatic heterocycles. The van der Waals surface area contributed by atoms with Gasteiger partial charge in [-0.1, -0.05) is 6.92 Å². The van der Waals surface area contributed by atoms with Crippen LogP contribution < -0.4 is 11.3 Å². The lowest BCUT2D eigenvalue weighted by molar-refractivity contribution is 0.525. The van der Waals surface area contributed by atoms with Gasteiger partial charge in [0.05, 0.1) is 30.0 Å². The van der Waals surface area contributed by atoms with Crippen LogP contribution in [0.15, 0.2) is 29.1 Å². The van der Waals surface area contributed by atoms with Crippen molar-refractivity contribution in [1.82, 2.24) is 15.2 Å². The van der Waals surface area contributed by atoms with Crippen molar-refractivity contribution >= 4 is 0 Å². The van der Waals surface area contributed by atoms with Crippen LogP contribution >= 0.6 is 0 Å². The lowest BCUT2D eigenvalue weighted by Gasteiger charge is -2.15. The molecule has 0 saturated heterocycles. The molecule has 0 amide bonds. The predicted octanol–water partition coefficient (Wildman–Crippen LogP) is 1.61. The highest BCUT2D eigenvalue weighted by molar-refractivity contribution is 5.26. The van der Waals surface area contributed by atoms with Gasteiger partial charge in [-0.25, -0.2) is 5.43 Å². The van der Waals surface area contributed by atoms with Crippen molar-refractivity contribution in [2.45, 2.75) is 32.9 Å². The SMILES string of the molecule is CCc1cc(C(NN)c2ccoc2)n(CC)n1. The summed E-state index contributed by atoms with van der Waals surface area (Å²) in [6, 6.07) is 3.91. The second kappa shape index (κ2) is 5.16. The molecule has 2 rings (SSSR count). The maximum atomic E-state index is 5.64. The molecule has 3 N–H and O–H groups in total. The molecule has 0 spiro atoms. The fraction of sp³-hybridized carbons (Fsp3) is 0.417. The summed E-state index contributed by atoms with van der Waals surface area (Å²) in [5.74, 6) is 5.64. The fourth-order valence-corrected chi connectivity index (χ4v) is 1.94. The summed E-state index contributed by atoms with van der Waals surface area (Å²) in [4.78, 5) is 0. The summed E-state index contributed by atoms with van der Waals surface area (Å²) in [5.41, 5.74) is 5.95. The number of rotatable bonds is 5. The highest BCUT2D eigenvalue weighted by Crippen LogP contribution is 2.22. The zero-order chi connectivity index (χ0) is 12.3. The van der Waals surface area contributed by atoms with E-state index in [0.717, 1.165) is 29.9 Å². The van der Waals surface area contributed by atoms with E-state index in [1.165, 1.54) is 0 Å². The third-order valence-electron chi connectivity index (χ3n) is 2.86. The minimum Gasteiger partial charge on any atom is -0.472 e. The summed E-state index contributed by atoms with van der Waals surface area (Å²) in [6.45, 7) is 4.99. The van der Waals surface area contributed by atoms with Gasteiger partial charge in [-0.3, -0.25) is 10.5 Å². The van der Waals surface area contributed by atoms with Crippen molar-refractivity contribution < 1.29 is 4.42 Å². The van der Waals surface area contributed by atoms with E-state index < -0.39 is 0 Å². The summed E-state index contributed by atoms with van der Waals surface area (Å²) >= 11 is 0. The van der Waals surface area contributed by atoms with Gasteiger partial charge in [-0.15, -0.1) is 0 Å². The molecule has 0 aromatic carbocycles. The van der Waals surface area contributed by atoms with Crippen LogP contribution in [0.25, 0.3) is 0 Å². The van der Waals surface area contributed by atoms with E-state index in [9.17, 15) is 0 Å². The third kappa shape index (κ3) is 2.25. The maximum absolute atomic E-state index is 5.64. The topological polar surface area (TPSA) is 69.0 Å². The number of nitrogens with zero attached hydrogens (tertiary/aromatic N) is 2. The second-order valence-electron chi connectivity index (χ2n) is 3.89. The molecule has 2 heterocycles. The van der Waals surface area contributed by atoms with Crippen molar-refractivity contribution in [3.63, 3.8) is 0 Å². The average molecular weight is 234 g/mol. The number of aryl methyl sites for hydroxylation is 2. The lowest BCUT2D eigenvalue weighted by atomic mass is 10.1. The summed E-state index contributed by atoms with van der Waals surface area (Å²) in [5, 5.41) is 4.52. The molecule has 0 fully saturated rings. The zero-order valence-corrected chi connectivity index (χ0v) is 10.2. The number of hydrogen-bond acceptors (Lipinski definition) is 4. The van der Waals surface area contributed by atoms with Crippen molar-refractivity contribution in [2.75, 3.05) is 0 Å². The van der Waals surface area contributed by atoms with E-state index in [4.69, 9.17) is 10.3 Å². The number of nitrogens with two attached hydrogens (primary N) is 1. The minimum absolute atomic E-state index is 0.0819. The van der Waals surface area contributed by atoms with Crippen molar-refractivity contribution in [1.29, 1.82) is 0 Å². The van der Waals surface area contributed by atoms with Gasteiger partial charge in [-0.05, 0) is 25.5 Å². The first-order chi connectivity index (χ1) is 8.30. The fourth-order valence-electron chi connectivity index (χ4n) is 1.94.